The predicted molar refractivity (Wildman–Crippen MR) is 254 cm³/mol. The molecule has 384 valence electrons. The monoisotopic (exact) mass is 994 g/mol. The zero-order valence-electron chi connectivity index (χ0n) is 41.3. The van der Waals surface area contributed by atoms with E-state index in [4.69, 9.17) is 28.4 Å². The Hall–Kier alpha value is -6.76. The number of nitrogens with one attached hydrogen (secondary N) is 2. The van der Waals surface area contributed by atoms with E-state index in [1.165, 1.54) is 52.0 Å². The Morgan fingerprint density at radius 2 is 1.43 bits per heavy atom. The Bertz CT molecular complexity index is 2600. The van der Waals surface area contributed by atoms with Crippen molar-refractivity contribution in [3.63, 3.8) is 0 Å². The lowest BCUT2D eigenvalue weighted by atomic mass is 9.44. The molecule has 1 heterocycles. The minimum atomic E-state index is -2.48. The van der Waals surface area contributed by atoms with E-state index in [0.717, 1.165) is 13.8 Å². The zero-order valence-corrected chi connectivity index (χ0v) is 41.3. The Labute approximate surface area is 417 Å². The van der Waals surface area contributed by atoms with Gasteiger partial charge in [0.05, 0.1) is 36.0 Å². The maximum atomic E-state index is 15.7. The summed E-state index contributed by atoms with van der Waals surface area (Å²) < 4.78 is 36.7. The quantitative estimate of drug-likeness (QED) is 0.0869. The van der Waals surface area contributed by atoms with Crippen LogP contribution in [0.25, 0.3) is 0 Å². The number of Topliss-reactive ketones (excluding diaryl/α,β-unsaturated/α-hetero) is 1. The Kier molecular flexibility index (Phi) is 15.6. The summed E-state index contributed by atoms with van der Waals surface area (Å²) >= 11 is 0. The number of esters is 5. The van der Waals surface area contributed by atoms with Gasteiger partial charge in [0, 0.05) is 50.6 Å². The van der Waals surface area contributed by atoms with E-state index in [0.29, 0.717) is 18.5 Å². The van der Waals surface area contributed by atoms with Gasteiger partial charge in [0.25, 0.3) is 5.91 Å². The van der Waals surface area contributed by atoms with Gasteiger partial charge in [-0.05, 0) is 61.2 Å². The zero-order chi connectivity index (χ0) is 52.3. The third-order valence-electron chi connectivity index (χ3n) is 14.8. The normalized spacial score (nSPS) is 28.9. The molecule has 72 heavy (non-hydrogen) atoms. The summed E-state index contributed by atoms with van der Waals surface area (Å²) in [5, 5.41) is 31.6. The van der Waals surface area contributed by atoms with E-state index in [9.17, 15) is 39.0 Å². The second-order valence-electron chi connectivity index (χ2n) is 19.7. The fourth-order valence-electron chi connectivity index (χ4n) is 11.1. The number of hydrogen-bond donors (Lipinski definition) is 4. The molecule has 3 aliphatic carbocycles. The molecule has 4 N–H and O–H groups in total. The molecule has 18 heteroatoms. The first-order valence-electron chi connectivity index (χ1n) is 24.1. The van der Waals surface area contributed by atoms with Gasteiger partial charge < -0.3 is 49.3 Å². The minimum Gasteiger partial charge on any atom is -0.455 e. The molecule has 18 nitrogen and oxygen atoms in total. The van der Waals surface area contributed by atoms with Gasteiger partial charge in [-0.15, -0.1) is 0 Å². The maximum Gasteiger partial charge on any atom is 0.350 e. The van der Waals surface area contributed by atoms with Crippen molar-refractivity contribution < 1.29 is 77.0 Å². The number of carbonyl (C=O) groups excluding carboxylic acids is 8. The molecule has 2 saturated carbocycles. The smallest absolute Gasteiger partial charge is 0.350 e. The van der Waals surface area contributed by atoms with Crippen molar-refractivity contribution in [1.29, 1.82) is 0 Å². The van der Waals surface area contributed by atoms with Crippen molar-refractivity contribution in [3.05, 3.63) is 119 Å². The van der Waals surface area contributed by atoms with Crippen LogP contribution in [0.4, 0.5) is 0 Å². The van der Waals surface area contributed by atoms with Crippen LogP contribution in [0.1, 0.15) is 113 Å². The van der Waals surface area contributed by atoms with E-state index in [-0.39, 0.29) is 41.7 Å². The van der Waals surface area contributed by atoms with Crippen LogP contribution < -0.4 is 10.6 Å². The van der Waals surface area contributed by atoms with Gasteiger partial charge >= 0.3 is 29.8 Å². The first kappa shape index (κ1) is 53.0. The van der Waals surface area contributed by atoms with Crippen LogP contribution in [0.3, 0.4) is 0 Å². The van der Waals surface area contributed by atoms with Crippen LogP contribution in [0.15, 0.2) is 102 Å². The first-order chi connectivity index (χ1) is 34.1. The molecular weight excluding hydrogens is 933 g/mol. The first-order valence-corrected chi connectivity index (χ1v) is 24.1. The van der Waals surface area contributed by atoms with Gasteiger partial charge in [0.1, 0.15) is 30.0 Å². The lowest BCUT2D eigenvalue weighted by Gasteiger charge is -2.67. The Morgan fingerprint density at radius 1 is 0.819 bits per heavy atom. The van der Waals surface area contributed by atoms with E-state index in [2.05, 4.69) is 10.6 Å². The van der Waals surface area contributed by atoms with Gasteiger partial charge in [-0.25, -0.2) is 9.59 Å². The van der Waals surface area contributed by atoms with Gasteiger partial charge in [-0.3, -0.25) is 28.8 Å². The molecule has 1 saturated heterocycles. The molecule has 11 atom stereocenters. The molecule has 4 aliphatic rings. The van der Waals surface area contributed by atoms with E-state index in [1.807, 2.05) is 6.92 Å². The van der Waals surface area contributed by atoms with Crippen LogP contribution in [-0.2, 0) is 57.2 Å². The average molecular weight is 995 g/mol. The summed E-state index contributed by atoms with van der Waals surface area (Å²) in [5.74, 6) is -8.58. The highest BCUT2D eigenvalue weighted by atomic mass is 16.6. The lowest BCUT2D eigenvalue weighted by Crippen LogP contribution is -2.82. The molecule has 0 aromatic heterocycles. The van der Waals surface area contributed by atoms with Crippen molar-refractivity contribution in [2.45, 2.75) is 134 Å². The number of aliphatic hydroxyl groups excluding tert-OH is 1. The van der Waals surface area contributed by atoms with E-state index in [1.54, 1.807) is 66.7 Å². The average Bonchev–Trinajstić information content (AvgIpc) is 3.35. The number of fused-ring (bicyclic) bond motifs is 5. The number of hydrogen-bond acceptors (Lipinski definition) is 16. The number of aliphatic hydroxyl groups is 2. The molecule has 3 aromatic rings. The summed E-state index contributed by atoms with van der Waals surface area (Å²) in [6.07, 6.45) is -11.1. The van der Waals surface area contributed by atoms with Crippen molar-refractivity contribution in [1.82, 2.24) is 10.6 Å². The second kappa shape index (κ2) is 21.1. The lowest BCUT2D eigenvalue weighted by molar-refractivity contribution is -0.346. The summed E-state index contributed by atoms with van der Waals surface area (Å²) in [5.41, 5.74) is -7.57. The largest absolute Gasteiger partial charge is 0.455 e. The van der Waals surface area contributed by atoms with E-state index < -0.39 is 131 Å². The Balaban J connectivity index is 1.40. The molecule has 0 spiro atoms. The van der Waals surface area contributed by atoms with Crippen molar-refractivity contribution in [2.24, 2.45) is 16.7 Å². The fourth-order valence-corrected chi connectivity index (χ4v) is 11.1. The third kappa shape index (κ3) is 9.91. The molecule has 1 unspecified atom stereocenters. The topological polar surface area (TPSA) is 256 Å². The number of rotatable bonds is 16. The van der Waals surface area contributed by atoms with E-state index >= 15 is 9.59 Å². The van der Waals surface area contributed by atoms with Crippen molar-refractivity contribution in [3.8, 4) is 0 Å². The van der Waals surface area contributed by atoms with Crippen LogP contribution in [0.5, 0.6) is 0 Å². The molecule has 2 bridgehead atoms. The summed E-state index contributed by atoms with van der Waals surface area (Å²) in [4.78, 5) is 112. The molecular formula is C54H62N2O16. The molecule has 7 rings (SSSR count). The third-order valence-corrected chi connectivity index (χ3v) is 14.8. The highest BCUT2D eigenvalue weighted by Gasteiger charge is 2.78. The number of amides is 2. The predicted octanol–water partition coefficient (Wildman–Crippen LogP) is 4.59. The standard InChI is InChI=1S/C54H62N2O16/c1-8-26-55-39(60)24-25-40(61)70-44(42(33-18-12-9-13-19-33)56-48(63)34-20-14-10-15-21-34)50(65)69-36-28-54(66)47(71-49(64)35-22-16-11-17-23-35)45-52(7,37(59)27-38-53(45,29-67-38)72-32(4)58)46(62)43(68-31(3)57)41(30(36)2)51(54,5)6/h9-23,36-38,42-45,47,59,66H,8,24-29H2,1-7H3,(H,55,60)(H,56,63)/t36-,37-,38+,42-,43+,44+,45?,47-,52+,53-,54+/m0/s1. The van der Waals surface area contributed by atoms with Gasteiger partial charge in [-0.1, -0.05) is 87.5 Å². The molecule has 1 aliphatic heterocycles. The van der Waals surface area contributed by atoms with Crippen molar-refractivity contribution in [2.75, 3.05) is 13.2 Å². The minimum absolute atomic E-state index is 0.0360. The maximum absolute atomic E-state index is 15.7. The number of benzene rings is 3. The van der Waals surface area contributed by atoms with Crippen LogP contribution in [0.2, 0.25) is 0 Å². The van der Waals surface area contributed by atoms with Gasteiger partial charge in [-0.2, -0.15) is 0 Å². The summed E-state index contributed by atoms with van der Waals surface area (Å²) in [7, 11) is 0. The molecule has 3 aromatic carbocycles. The number of ketones is 1. The van der Waals surface area contributed by atoms with Gasteiger partial charge in [0.15, 0.2) is 17.5 Å². The van der Waals surface area contributed by atoms with Crippen LogP contribution in [-0.4, -0.2) is 119 Å². The fraction of sp³-hybridized carbons (Fsp3) is 0.481. The SMILES string of the molecule is CCCNC(=O)CCC(=O)O[C@@H](C(=O)O[C@H]1C[C@@]2(O)[C@@H](OC(=O)c3ccccc3)C3[C@](C)(C(=O)[C@H](OC(C)=O)C(=C1C)C2(C)C)[C@@H](O)C[C@H]1OC[C@@]31OC(C)=O)[C@@H](NC(=O)c1ccccc1)c1ccccc1. The number of carbonyl (C=O) groups is 8. The molecule has 0 radical (unpaired) electrons. The number of ether oxygens (including phenoxy) is 6. The molecule has 3 fully saturated rings. The highest BCUT2D eigenvalue weighted by Crippen LogP contribution is 2.64. The second-order valence-corrected chi connectivity index (χ2v) is 19.7. The molecule has 2 amide bonds. The van der Waals surface area contributed by atoms with Gasteiger partial charge in [0.2, 0.25) is 12.0 Å². The van der Waals surface area contributed by atoms with Crippen molar-refractivity contribution >= 4 is 47.4 Å². The van der Waals surface area contributed by atoms with Crippen LogP contribution in [0, 0.1) is 16.7 Å². The van der Waals surface area contributed by atoms with Crippen LogP contribution >= 0.6 is 0 Å². The summed E-state index contributed by atoms with van der Waals surface area (Å²) in [6.45, 7) is 10.0. The summed E-state index contributed by atoms with van der Waals surface area (Å²) in [6, 6.07) is 22.5. The Morgan fingerprint density at radius 3 is 2.00 bits per heavy atom. The highest BCUT2D eigenvalue weighted by molar-refractivity contribution is 5.96.